The second-order valence-electron chi connectivity index (χ2n) is 10.4. The number of carbonyl (C=O) groups excluding carboxylic acids is 2. The summed E-state index contributed by atoms with van der Waals surface area (Å²) in [6.07, 6.45) is 0. The lowest BCUT2D eigenvalue weighted by molar-refractivity contribution is -0.119. The monoisotopic (exact) mass is 1440 g/mol. The standard InChI is InChI=1S/C15H11ClO.C15H12O.S16.S15/c1-10(17)15(16)13-8-4-2-6-11(13)12-7-3-5-9-14(12)15;1-10(16)15-13-8-4-2-6-11(13)12-7-3-5-9-14(12)15;1-3-5-7-9-11-13-15-16-14-12-10-8-6-4-2;1-3-5-7-9-11-13-15-14-12-10-8-6-4-2/h2-9H,1H3;2-9,15H,1H3;;. The number of rotatable bonds is 2. The number of carbonyl (C=O) groups is 2. The predicted octanol–water partition coefficient (Wildman–Crippen LogP) is 7.05. The molecule has 2 aliphatic rings. The summed E-state index contributed by atoms with van der Waals surface area (Å²) in [5, 5.41) is 0. The van der Waals surface area contributed by atoms with Gasteiger partial charge in [0.1, 0.15) is 5.78 Å². The Morgan fingerprint density at radius 2 is 0.625 bits per heavy atom. The zero-order chi connectivity index (χ0) is 46.3. The van der Waals surface area contributed by atoms with Crippen LogP contribution in [0.4, 0.5) is 0 Å². The van der Waals surface area contributed by atoms with Gasteiger partial charge in [-0.15, -0.1) is 11.6 Å². The van der Waals surface area contributed by atoms with E-state index in [1.54, 1.807) is 218 Å². The molecule has 348 valence electrons. The number of ketones is 2. The Morgan fingerprint density at radius 1 is 0.391 bits per heavy atom. The van der Waals surface area contributed by atoms with Crippen LogP contribution in [0.5, 0.6) is 0 Å². The minimum absolute atomic E-state index is 0.0310. The van der Waals surface area contributed by atoms with Gasteiger partial charge in [0.15, 0.2) is 10.7 Å². The van der Waals surface area contributed by atoms with Gasteiger partial charge in [0, 0.05) is 285 Å². The maximum Gasteiger partial charge on any atom is 0.159 e. The summed E-state index contributed by atoms with van der Waals surface area (Å²) in [4.78, 5) is 22.7. The van der Waals surface area contributed by atoms with Crippen molar-refractivity contribution in [2.24, 2.45) is 0 Å². The van der Waals surface area contributed by atoms with E-state index in [1.165, 1.54) is 46.6 Å². The fourth-order valence-corrected chi connectivity index (χ4v) is 68.9. The normalized spacial score (nSPS) is 10.9. The van der Waals surface area contributed by atoms with E-state index in [0.717, 1.165) is 33.4 Å². The maximum absolute atomic E-state index is 12.0. The molecule has 0 N–H and O–H groups in total. The van der Waals surface area contributed by atoms with Gasteiger partial charge in [-0.1, -0.05) is 97.1 Å². The number of benzene rings is 4. The first kappa shape index (κ1) is 61.6. The number of halogens is 1. The van der Waals surface area contributed by atoms with Crippen molar-refractivity contribution in [3.8, 4) is 22.3 Å². The van der Waals surface area contributed by atoms with Crippen molar-refractivity contribution in [3.63, 3.8) is 0 Å². The first-order chi connectivity index (χ1) is 31.3. The zero-order valence-corrected chi connectivity index (χ0v) is 57.2. The molecule has 2 aliphatic carbocycles. The molecular weight excluding hydrogens is 1420 g/mol. The second kappa shape index (κ2) is 38.9. The van der Waals surface area contributed by atoms with Crippen molar-refractivity contribution >= 4 is 308 Å². The number of hydrogen-bond acceptors (Lipinski definition) is 6. The third kappa shape index (κ3) is 22.2. The van der Waals surface area contributed by atoms with Gasteiger partial charge in [-0.25, -0.2) is 0 Å². The van der Waals surface area contributed by atoms with Crippen molar-refractivity contribution in [2.75, 3.05) is 0 Å². The summed E-state index contributed by atoms with van der Waals surface area (Å²) >= 11 is 25.5. The summed E-state index contributed by atoms with van der Waals surface area (Å²) < 4.78 is 0. The van der Waals surface area contributed by atoms with Gasteiger partial charge in [0.25, 0.3) is 0 Å². The molecule has 4 aromatic carbocycles. The van der Waals surface area contributed by atoms with Crippen LogP contribution in [0.3, 0.4) is 0 Å². The van der Waals surface area contributed by atoms with E-state index >= 15 is 0 Å². The van der Waals surface area contributed by atoms with Crippen LogP contribution in [-0.2, 0) is 299 Å². The molecule has 0 amide bonds. The smallest absolute Gasteiger partial charge is 0.159 e. The molecule has 0 saturated carbocycles. The fraction of sp³-hybridized carbons (Fsp3) is 0.133. The summed E-state index contributed by atoms with van der Waals surface area (Å²) in [6.45, 7) is 3.22. The minimum Gasteiger partial charge on any atom is -0.299 e. The highest BCUT2D eigenvalue weighted by atomic mass is 35.5. The average molecular weight is 1450 g/mol. The van der Waals surface area contributed by atoms with E-state index < -0.39 is 4.87 Å². The Morgan fingerprint density at radius 3 is 0.875 bits per heavy atom. The van der Waals surface area contributed by atoms with Gasteiger partial charge in [-0.2, -0.15) is 0 Å². The van der Waals surface area contributed by atoms with Gasteiger partial charge in [0.2, 0.25) is 0 Å². The van der Waals surface area contributed by atoms with Crippen molar-refractivity contribution in [3.05, 3.63) is 119 Å². The summed E-state index contributed by atoms with van der Waals surface area (Å²) in [5.74, 6) is 0.126. The Bertz CT molecular complexity index is 3460. The van der Waals surface area contributed by atoms with Crippen molar-refractivity contribution < 1.29 is 9.59 Å². The lowest BCUT2D eigenvalue weighted by atomic mass is 9.92. The Hall–Kier alpha value is 3.33. The lowest BCUT2D eigenvalue weighted by Crippen LogP contribution is -2.26. The van der Waals surface area contributed by atoms with Crippen LogP contribution in [0, 0.1) is 0 Å². The zero-order valence-electron chi connectivity index (χ0n) is 31.2. The van der Waals surface area contributed by atoms with E-state index in [1.807, 2.05) is 72.8 Å². The van der Waals surface area contributed by atoms with E-state index in [-0.39, 0.29) is 17.5 Å². The Balaban J connectivity index is 0.000000227. The molecule has 0 atom stereocenters. The van der Waals surface area contributed by atoms with Crippen molar-refractivity contribution in [1.29, 1.82) is 0 Å². The number of alkyl halides is 1. The molecule has 0 unspecified atom stereocenters. The molecule has 0 heterocycles. The highest BCUT2D eigenvalue weighted by Crippen LogP contribution is 2.51. The molecule has 2 nitrogen and oxygen atoms in total. The number of fused-ring (bicyclic) bond motifs is 6. The van der Waals surface area contributed by atoms with Crippen LogP contribution in [0.2, 0.25) is 0 Å². The first-order valence-corrected chi connectivity index (χ1v) is 54.9. The summed E-state index contributed by atoms with van der Waals surface area (Å²) in [5.41, 5.74) is 8.64. The molecule has 6 rings (SSSR count). The molecule has 0 aromatic heterocycles. The number of hydrogen-bond donors (Lipinski definition) is 0. The first-order valence-electron chi connectivity index (χ1n) is 15.9. The van der Waals surface area contributed by atoms with E-state index in [4.69, 9.17) is 56.4 Å². The van der Waals surface area contributed by atoms with Crippen LogP contribution >= 0.6 is 11.6 Å². The summed E-state index contributed by atoms with van der Waals surface area (Å²) in [6, 6.07) is 32.0. The van der Waals surface area contributed by atoms with Crippen LogP contribution in [-0.4, -0.2) is 11.6 Å². The second-order valence-corrected chi connectivity index (χ2v) is 58.7. The molecule has 0 bridgehead atoms. The van der Waals surface area contributed by atoms with E-state index in [0.29, 0.717) is 0 Å². The van der Waals surface area contributed by atoms with Crippen LogP contribution in [0.25, 0.3) is 22.3 Å². The van der Waals surface area contributed by atoms with Crippen molar-refractivity contribution in [2.45, 2.75) is 24.6 Å². The van der Waals surface area contributed by atoms with Gasteiger partial charge in [0.05, 0.1) is 5.92 Å². The van der Waals surface area contributed by atoms with Gasteiger partial charge in [-0.05, 0) is 58.4 Å². The fourth-order valence-electron chi connectivity index (χ4n) is 5.42. The van der Waals surface area contributed by atoms with Crippen molar-refractivity contribution in [1.82, 2.24) is 0 Å². The average Bonchev–Trinajstić information content (AvgIpc) is 3.80. The molecular formula is C30H23ClO2S31. The van der Waals surface area contributed by atoms with Gasteiger partial charge >= 0.3 is 0 Å². The van der Waals surface area contributed by atoms with Gasteiger partial charge in [-0.3, -0.25) is 9.59 Å². The summed E-state index contributed by atoms with van der Waals surface area (Å²) in [7, 11) is 45.3. The molecule has 4 aromatic rings. The highest BCUT2D eigenvalue weighted by Gasteiger charge is 2.45. The molecule has 34 heteroatoms. The predicted molar refractivity (Wildman–Crippen MR) is 362 cm³/mol. The molecule has 64 heavy (non-hydrogen) atoms. The van der Waals surface area contributed by atoms with Crippen LogP contribution in [0.15, 0.2) is 97.1 Å². The third-order valence-electron chi connectivity index (χ3n) is 7.31. The Kier molecular flexibility index (Phi) is 37.4. The SMILES string of the molecule is CC(=O)C1(Cl)c2ccccc2-c2ccccc21.CC(=O)C1c2ccccc2-c2ccccc21.S=S=S=S=S=S=S=S=S=S=S=S=S=S=S.S=S=S=S=S=S=S=S=S=S=S=S=S=S=S=S. The van der Waals surface area contributed by atoms with Crippen LogP contribution < -0.4 is 0 Å². The third-order valence-corrected chi connectivity index (χ3v) is 63.5. The minimum atomic E-state index is -1.01. The molecule has 0 spiro atoms. The Labute approximate surface area is 474 Å². The molecule has 0 fully saturated rings. The van der Waals surface area contributed by atoms with E-state index in [9.17, 15) is 9.59 Å². The van der Waals surface area contributed by atoms with Gasteiger partial charge < -0.3 is 0 Å². The highest BCUT2D eigenvalue weighted by molar-refractivity contribution is 8.78. The molecule has 0 radical (unpaired) electrons. The van der Waals surface area contributed by atoms with Crippen LogP contribution in [0.1, 0.15) is 42.0 Å². The molecule has 0 aliphatic heterocycles. The quantitative estimate of drug-likeness (QED) is 0.201. The largest absolute Gasteiger partial charge is 0.299 e. The number of Topliss-reactive ketones (excluding diaryl/α,β-unsaturated/α-hetero) is 2. The molecule has 0 saturated heterocycles. The topological polar surface area (TPSA) is 34.1 Å². The van der Waals surface area contributed by atoms with E-state index in [2.05, 4.69) is 24.3 Å². The maximum atomic E-state index is 12.0. The lowest BCUT2D eigenvalue weighted by Gasteiger charge is -2.20.